The van der Waals surface area contributed by atoms with Crippen LogP contribution in [0.1, 0.15) is 63.7 Å². The SMILES string of the molecule is O=C(CN(Cc1ccc(F)cc1)C(=O)c1cnn([C@H]2CC[C@H](C(=O)O)CC2)c1C(F)(F)F)c1c(Cl)cncc1Cl. The molecule has 212 valence electrons. The highest BCUT2D eigenvalue weighted by atomic mass is 35.5. The molecule has 0 radical (unpaired) electrons. The van der Waals surface area contributed by atoms with Gasteiger partial charge in [0, 0.05) is 18.9 Å². The predicted molar refractivity (Wildman–Crippen MR) is 136 cm³/mol. The molecule has 1 aliphatic carbocycles. The summed E-state index contributed by atoms with van der Waals surface area (Å²) in [6.45, 7) is -1.04. The van der Waals surface area contributed by atoms with Crippen molar-refractivity contribution in [3.63, 3.8) is 0 Å². The minimum atomic E-state index is -4.99. The number of ketones is 1. The largest absolute Gasteiger partial charge is 0.481 e. The lowest BCUT2D eigenvalue weighted by atomic mass is 9.86. The summed E-state index contributed by atoms with van der Waals surface area (Å²) in [6.07, 6.45) is -1.27. The summed E-state index contributed by atoms with van der Waals surface area (Å²) >= 11 is 12.1. The Morgan fingerprint density at radius 1 is 1.00 bits per heavy atom. The van der Waals surface area contributed by atoms with Crippen molar-refractivity contribution in [2.75, 3.05) is 6.54 Å². The zero-order valence-electron chi connectivity index (χ0n) is 20.7. The Labute approximate surface area is 235 Å². The van der Waals surface area contributed by atoms with Crippen LogP contribution in [0.2, 0.25) is 10.0 Å². The molecule has 1 amide bonds. The summed E-state index contributed by atoms with van der Waals surface area (Å²) in [6, 6.07) is 4.13. The van der Waals surface area contributed by atoms with Gasteiger partial charge in [-0.15, -0.1) is 0 Å². The Morgan fingerprint density at radius 3 is 2.15 bits per heavy atom. The summed E-state index contributed by atoms with van der Waals surface area (Å²) in [4.78, 5) is 42.7. The van der Waals surface area contributed by atoms with Crippen LogP contribution in [-0.2, 0) is 17.5 Å². The zero-order valence-corrected chi connectivity index (χ0v) is 22.2. The molecular weight excluding hydrogens is 579 g/mol. The number of aromatic nitrogens is 3. The number of rotatable bonds is 8. The molecule has 3 aromatic rings. The van der Waals surface area contributed by atoms with Crippen LogP contribution in [0.3, 0.4) is 0 Å². The first-order valence-electron chi connectivity index (χ1n) is 12.1. The van der Waals surface area contributed by atoms with Crippen LogP contribution >= 0.6 is 23.2 Å². The maximum absolute atomic E-state index is 14.4. The summed E-state index contributed by atoms with van der Waals surface area (Å²) in [7, 11) is 0. The predicted octanol–water partition coefficient (Wildman–Crippen LogP) is 6.08. The maximum Gasteiger partial charge on any atom is 0.433 e. The number of carboxylic acids is 1. The Morgan fingerprint density at radius 2 is 1.60 bits per heavy atom. The molecule has 2 aromatic heterocycles. The fraction of sp³-hybridized carbons (Fsp3) is 0.346. The number of pyridine rings is 1. The van der Waals surface area contributed by atoms with Gasteiger partial charge in [-0.1, -0.05) is 35.3 Å². The number of amides is 1. The van der Waals surface area contributed by atoms with Gasteiger partial charge < -0.3 is 10.0 Å². The number of hydrogen-bond acceptors (Lipinski definition) is 5. The van der Waals surface area contributed by atoms with Gasteiger partial charge in [-0.05, 0) is 43.4 Å². The van der Waals surface area contributed by atoms with Crippen LogP contribution < -0.4 is 0 Å². The van der Waals surface area contributed by atoms with E-state index in [2.05, 4.69) is 10.1 Å². The van der Waals surface area contributed by atoms with Crippen LogP contribution in [0.4, 0.5) is 17.6 Å². The smallest absolute Gasteiger partial charge is 0.433 e. The van der Waals surface area contributed by atoms with Crippen molar-refractivity contribution >= 4 is 40.9 Å². The number of aliphatic carboxylic acids is 1. The fourth-order valence-corrected chi connectivity index (χ4v) is 5.33. The summed E-state index contributed by atoms with van der Waals surface area (Å²) < 4.78 is 57.2. The summed E-state index contributed by atoms with van der Waals surface area (Å²) in [5, 5.41) is 12.9. The minimum absolute atomic E-state index is 0.104. The molecule has 40 heavy (non-hydrogen) atoms. The number of benzene rings is 1. The maximum atomic E-state index is 14.4. The number of carbonyl (C=O) groups excluding carboxylic acids is 2. The lowest BCUT2D eigenvalue weighted by Gasteiger charge is -2.28. The van der Waals surface area contributed by atoms with E-state index in [4.69, 9.17) is 23.2 Å². The molecule has 1 aromatic carbocycles. The monoisotopic (exact) mass is 600 g/mol. The van der Waals surface area contributed by atoms with E-state index in [1.807, 2.05) is 0 Å². The molecule has 0 aliphatic heterocycles. The van der Waals surface area contributed by atoms with Gasteiger partial charge in [-0.25, -0.2) is 4.39 Å². The third-order valence-electron chi connectivity index (χ3n) is 6.73. The van der Waals surface area contributed by atoms with E-state index in [0.29, 0.717) is 5.56 Å². The second-order valence-corrected chi connectivity index (χ2v) is 10.2. The quantitative estimate of drug-likeness (QED) is 0.248. The van der Waals surface area contributed by atoms with Gasteiger partial charge in [-0.3, -0.25) is 24.0 Å². The van der Waals surface area contributed by atoms with E-state index in [1.165, 1.54) is 12.1 Å². The van der Waals surface area contributed by atoms with E-state index < -0.39 is 59.4 Å². The lowest BCUT2D eigenvalue weighted by Crippen LogP contribution is -2.37. The van der Waals surface area contributed by atoms with Gasteiger partial charge in [0.25, 0.3) is 5.91 Å². The van der Waals surface area contributed by atoms with Crippen LogP contribution in [0, 0.1) is 11.7 Å². The Kier molecular flexibility index (Phi) is 8.79. The number of carboxylic acid groups (broad SMARTS) is 1. The fourth-order valence-electron chi connectivity index (χ4n) is 4.76. The molecule has 1 saturated carbocycles. The van der Waals surface area contributed by atoms with Crippen molar-refractivity contribution in [2.24, 2.45) is 5.92 Å². The van der Waals surface area contributed by atoms with E-state index in [1.54, 1.807) is 0 Å². The van der Waals surface area contributed by atoms with Crippen molar-refractivity contribution in [3.05, 3.63) is 81.1 Å². The van der Waals surface area contributed by atoms with Crippen LogP contribution in [0.5, 0.6) is 0 Å². The Bertz CT molecular complexity index is 1400. The number of halogens is 6. The minimum Gasteiger partial charge on any atom is -0.481 e. The zero-order chi connectivity index (χ0) is 29.2. The first-order chi connectivity index (χ1) is 18.9. The van der Waals surface area contributed by atoms with Crippen molar-refractivity contribution in [2.45, 2.75) is 44.4 Å². The molecule has 0 saturated heterocycles. The summed E-state index contributed by atoms with van der Waals surface area (Å²) in [5.74, 6) is -4.13. The molecule has 0 bridgehead atoms. The second kappa shape index (κ2) is 11.9. The molecular formula is C26H22Cl2F4N4O4. The highest BCUT2D eigenvalue weighted by Gasteiger charge is 2.43. The highest BCUT2D eigenvalue weighted by Crippen LogP contribution is 2.39. The molecule has 0 unspecified atom stereocenters. The molecule has 2 heterocycles. The van der Waals surface area contributed by atoms with Crippen LogP contribution in [0.25, 0.3) is 0 Å². The second-order valence-electron chi connectivity index (χ2n) is 9.38. The number of alkyl halides is 3. The number of nitrogens with zero attached hydrogens (tertiary/aromatic N) is 4. The number of Topliss-reactive ketones (excluding diaryl/α,β-unsaturated/α-hetero) is 1. The van der Waals surface area contributed by atoms with Gasteiger partial charge in [0.05, 0.1) is 45.9 Å². The average molecular weight is 601 g/mol. The molecule has 14 heteroatoms. The topological polar surface area (TPSA) is 105 Å². The number of hydrogen-bond donors (Lipinski definition) is 1. The van der Waals surface area contributed by atoms with Crippen LogP contribution in [-0.4, -0.2) is 49.0 Å². The van der Waals surface area contributed by atoms with E-state index in [9.17, 15) is 37.1 Å². The van der Waals surface area contributed by atoms with Crippen molar-refractivity contribution in [1.29, 1.82) is 0 Å². The third kappa shape index (κ3) is 6.44. The van der Waals surface area contributed by atoms with Gasteiger partial charge in [-0.2, -0.15) is 18.3 Å². The molecule has 1 aliphatic rings. The normalized spacial score (nSPS) is 17.4. The molecule has 1 N–H and O–H groups in total. The first-order valence-corrected chi connectivity index (χ1v) is 12.9. The molecule has 0 atom stereocenters. The van der Waals surface area contributed by atoms with Gasteiger partial charge in [0.2, 0.25) is 0 Å². The molecule has 0 spiro atoms. The van der Waals surface area contributed by atoms with E-state index in [0.717, 1.165) is 40.3 Å². The lowest BCUT2D eigenvalue weighted by molar-refractivity contribution is -0.147. The first kappa shape index (κ1) is 29.5. The average Bonchev–Trinajstić information content (AvgIpc) is 3.35. The Hall–Kier alpha value is -3.51. The third-order valence-corrected chi connectivity index (χ3v) is 7.30. The number of carbonyl (C=O) groups is 3. The summed E-state index contributed by atoms with van der Waals surface area (Å²) in [5.41, 5.74) is -1.89. The molecule has 4 rings (SSSR count). The highest BCUT2D eigenvalue weighted by molar-refractivity contribution is 6.39. The van der Waals surface area contributed by atoms with Crippen molar-refractivity contribution < 1.29 is 37.1 Å². The van der Waals surface area contributed by atoms with Crippen LogP contribution in [0.15, 0.2) is 42.9 Å². The standard InChI is InChI=1S/C26H22Cl2F4N4O4/c27-19-10-33-11-20(28)22(19)21(37)13-35(12-14-1-5-16(29)6-2-14)24(38)18-9-34-36(23(18)26(30,31)32)17-7-3-15(4-8-17)25(39)40/h1-2,5-6,9-11,15,17H,3-4,7-8,12-13H2,(H,39,40)/t15-,17-. The van der Waals surface area contributed by atoms with Crippen molar-refractivity contribution in [1.82, 2.24) is 19.7 Å². The van der Waals surface area contributed by atoms with Gasteiger partial charge in [0.1, 0.15) is 5.82 Å². The molecule has 1 fully saturated rings. The van der Waals surface area contributed by atoms with Gasteiger partial charge >= 0.3 is 12.1 Å². The Balaban J connectivity index is 1.70. The van der Waals surface area contributed by atoms with E-state index in [-0.39, 0.29) is 47.8 Å². The van der Waals surface area contributed by atoms with Crippen molar-refractivity contribution in [3.8, 4) is 0 Å². The van der Waals surface area contributed by atoms with E-state index >= 15 is 0 Å². The molecule has 8 nitrogen and oxygen atoms in total. The van der Waals surface area contributed by atoms with Gasteiger partial charge in [0.15, 0.2) is 11.5 Å².